The van der Waals surface area contributed by atoms with E-state index in [0.29, 0.717) is 11.5 Å². The first-order chi connectivity index (χ1) is 12.2. The van der Waals surface area contributed by atoms with Gasteiger partial charge in [0.05, 0.1) is 11.3 Å². The molecule has 3 heteroatoms. The van der Waals surface area contributed by atoms with Crippen molar-refractivity contribution in [2.45, 2.75) is 57.8 Å². The van der Waals surface area contributed by atoms with Crippen molar-refractivity contribution in [1.82, 2.24) is 4.98 Å². The van der Waals surface area contributed by atoms with Crippen molar-refractivity contribution in [2.75, 3.05) is 0 Å². The molecule has 1 fully saturated rings. The van der Waals surface area contributed by atoms with Gasteiger partial charge in [0.1, 0.15) is 11.9 Å². The molecule has 1 aromatic carbocycles. The Kier molecular flexibility index (Phi) is 5.81. The fraction of sp³-hybridized carbons (Fsp3) is 0.455. The van der Waals surface area contributed by atoms with Crippen LogP contribution in [-0.4, -0.2) is 4.98 Å². The Hall–Kier alpha value is -2.21. The van der Waals surface area contributed by atoms with Crippen LogP contribution in [0, 0.1) is 23.1 Å². The van der Waals surface area contributed by atoms with E-state index in [1.807, 2.05) is 18.3 Å². The molecule has 0 aliphatic heterocycles. The number of rotatable bonds is 5. The van der Waals surface area contributed by atoms with Crippen LogP contribution in [0.3, 0.4) is 0 Å². The Bertz CT molecular complexity index is 738. The summed E-state index contributed by atoms with van der Waals surface area (Å²) in [6.45, 7) is 2.26. The second-order valence-corrected chi connectivity index (χ2v) is 7.14. The maximum absolute atomic E-state index is 13.8. The quantitative estimate of drug-likeness (QED) is 0.649. The summed E-state index contributed by atoms with van der Waals surface area (Å²) in [7, 11) is 0. The zero-order valence-electron chi connectivity index (χ0n) is 14.8. The van der Waals surface area contributed by atoms with Crippen molar-refractivity contribution in [2.24, 2.45) is 5.92 Å². The van der Waals surface area contributed by atoms with E-state index in [0.717, 1.165) is 11.6 Å². The van der Waals surface area contributed by atoms with Crippen LogP contribution in [0.1, 0.15) is 68.9 Å². The molecule has 3 rings (SSSR count). The normalized spacial score (nSPS) is 20.2. The summed E-state index contributed by atoms with van der Waals surface area (Å²) in [5, 5.41) is 8.82. The van der Waals surface area contributed by atoms with E-state index in [2.05, 4.69) is 18.0 Å². The van der Waals surface area contributed by atoms with E-state index in [4.69, 9.17) is 5.26 Å². The van der Waals surface area contributed by atoms with Gasteiger partial charge in [0, 0.05) is 11.8 Å². The molecule has 2 nitrogen and oxygen atoms in total. The van der Waals surface area contributed by atoms with Crippen molar-refractivity contribution in [3.63, 3.8) is 0 Å². The standard InChI is InChI=1S/C22H25FN2/c1-2-3-4-16-5-7-17(8-6-16)20-11-12-22(25-15-20)18-9-10-19(14-24)21(23)13-18/h9-13,15-17H,2-8H2,1H3. The van der Waals surface area contributed by atoms with Gasteiger partial charge < -0.3 is 0 Å². The molecular weight excluding hydrogens is 311 g/mol. The van der Waals surface area contributed by atoms with Crippen LogP contribution in [0.4, 0.5) is 4.39 Å². The molecule has 130 valence electrons. The average Bonchev–Trinajstić information content (AvgIpc) is 2.67. The number of hydrogen-bond acceptors (Lipinski definition) is 2. The molecular formula is C22H25FN2. The topological polar surface area (TPSA) is 36.7 Å². The van der Waals surface area contributed by atoms with Crippen molar-refractivity contribution >= 4 is 0 Å². The summed E-state index contributed by atoms with van der Waals surface area (Å²) in [6, 6.07) is 10.6. The highest BCUT2D eigenvalue weighted by atomic mass is 19.1. The SMILES string of the molecule is CCCCC1CCC(c2ccc(-c3ccc(C#N)c(F)c3)nc2)CC1. The zero-order valence-corrected chi connectivity index (χ0v) is 14.8. The molecule has 0 spiro atoms. The van der Waals surface area contributed by atoms with Crippen molar-refractivity contribution in [3.8, 4) is 17.3 Å². The van der Waals surface area contributed by atoms with Crippen LogP contribution in [0.2, 0.25) is 0 Å². The van der Waals surface area contributed by atoms with Crippen LogP contribution < -0.4 is 0 Å². The van der Waals surface area contributed by atoms with Gasteiger partial charge in [-0.25, -0.2) is 4.39 Å². The lowest BCUT2D eigenvalue weighted by atomic mass is 9.77. The molecule has 0 radical (unpaired) electrons. The van der Waals surface area contributed by atoms with E-state index >= 15 is 0 Å². The molecule has 0 amide bonds. The van der Waals surface area contributed by atoms with Crippen LogP contribution in [0.15, 0.2) is 36.5 Å². The van der Waals surface area contributed by atoms with Crippen LogP contribution in [0.25, 0.3) is 11.3 Å². The van der Waals surface area contributed by atoms with Gasteiger partial charge in [-0.15, -0.1) is 0 Å². The van der Waals surface area contributed by atoms with E-state index in [-0.39, 0.29) is 5.56 Å². The highest BCUT2D eigenvalue weighted by molar-refractivity contribution is 5.60. The minimum absolute atomic E-state index is 0.0696. The number of unbranched alkanes of at least 4 members (excludes halogenated alkanes) is 1. The Morgan fingerprint density at radius 3 is 2.56 bits per heavy atom. The molecule has 0 unspecified atom stereocenters. The Labute approximate surface area is 149 Å². The first-order valence-corrected chi connectivity index (χ1v) is 9.37. The number of nitriles is 1. The third kappa shape index (κ3) is 4.25. The minimum atomic E-state index is -0.490. The third-order valence-electron chi connectivity index (χ3n) is 5.46. The highest BCUT2D eigenvalue weighted by Gasteiger charge is 2.22. The smallest absolute Gasteiger partial charge is 0.141 e. The molecule has 25 heavy (non-hydrogen) atoms. The van der Waals surface area contributed by atoms with Gasteiger partial charge in [-0.1, -0.05) is 38.3 Å². The van der Waals surface area contributed by atoms with Crippen molar-refractivity contribution < 1.29 is 4.39 Å². The summed E-state index contributed by atoms with van der Waals surface area (Å²) in [4.78, 5) is 4.54. The monoisotopic (exact) mass is 336 g/mol. The first-order valence-electron chi connectivity index (χ1n) is 9.37. The molecule has 1 saturated carbocycles. The predicted octanol–water partition coefficient (Wildman–Crippen LogP) is 6.22. The maximum atomic E-state index is 13.8. The number of halogens is 1. The first kappa shape index (κ1) is 17.6. The Morgan fingerprint density at radius 2 is 1.96 bits per heavy atom. The van der Waals surface area contributed by atoms with Gasteiger partial charge in [0.25, 0.3) is 0 Å². The molecule has 0 bridgehead atoms. The van der Waals surface area contributed by atoms with Crippen molar-refractivity contribution in [3.05, 3.63) is 53.5 Å². The molecule has 1 aliphatic carbocycles. The number of aromatic nitrogens is 1. The largest absolute Gasteiger partial charge is 0.256 e. The lowest BCUT2D eigenvalue weighted by Gasteiger charge is -2.28. The predicted molar refractivity (Wildman–Crippen MR) is 98.6 cm³/mol. The minimum Gasteiger partial charge on any atom is -0.256 e. The maximum Gasteiger partial charge on any atom is 0.141 e. The number of nitrogens with zero attached hydrogens (tertiary/aromatic N) is 2. The van der Waals surface area contributed by atoms with Gasteiger partial charge in [0.2, 0.25) is 0 Å². The van der Waals surface area contributed by atoms with Gasteiger partial charge in [-0.05, 0) is 61.3 Å². The van der Waals surface area contributed by atoms with Gasteiger partial charge in [-0.2, -0.15) is 5.26 Å². The molecule has 0 N–H and O–H groups in total. The van der Waals surface area contributed by atoms with Gasteiger partial charge >= 0.3 is 0 Å². The van der Waals surface area contributed by atoms with E-state index in [1.54, 1.807) is 6.07 Å². The van der Waals surface area contributed by atoms with Crippen LogP contribution in [0.5, 0.6) is 0 Å². The second kappa shape index (κ2) is 8.25. The fourth-order valence-electron chi connectivity index (χ4n) is 3.86. The van der Waals surface area contributed by atoms with Crippen LogP contribution in [-0.2, 0) is 0 Å². The van der Waals surface area contributed by atoms with Gasteiger partial charge in [0.15, 0.2) is 0 Å². The highest BCUT2D eigenvalue weighted by Crippen LogP contribution is 2.37. The van der Waals surface area contributed by atoms with Gasteiger partial charge in [-0.3, -0.25) is 4.98 Å². The molecule has 1 heterocycles. The summed E-state index contributed by atoms with van der Waals surface area (Å²) in [5.41, 5.74) is 2.84. The summed E-state index contributed by atoms with van der Waals surface area (Å²) in [6.07, 6.45) is 11.1. The molecule has 1 aliphatic rings. The second-order valence-electron chi connectivity index (χ2n) is 7.14. The number of pyridine rings is 1. The lowest BCUT2D eigenvalue weighted by molar-refractivity contribution is 0.304. The van der Waals surface area contributed by atoms with Crippen molar-refractivity contribution in [1.29, 1.82) is 5.26 Å². The van der Waals surface area contributed by atoms with E-state index in [9.17, 15) is 4.39 Å². The van der Waals surface area contributed by atoms with E-state index < -0.39 is 5.82 Å². The van der Waals surface area contributed by atoms with E-state index in [1.165, 1.54) is 62.6 Å². The molecule has 0 atom stereocenters. The molecule has 2 aromatic rings. The third-order valence-corrected chi connectivity index (χ3v) is 5.46. The Morgan fingerprint density at radius 1 is 1.16 bits per heavy atom. The molecule has 1 aromatic heterocycles. The summed E-state index contributed by atoms with van der Waals surface area (Å²) < 4.78 is 13.8. The van der Waals surface area contributed by atoms with Crippen LogP contribution >= 0.6 is 0 Å². The molecule has 0 saturated heterocycles. The summed E-state index contributed by atoms with van der Waals surface area (Å²) in [5.74, 6) is 1.03. The zero-order chi connectivity index (χ0) is 17.6. The fourth-order valence-corrected chi connectivity index (χ4v) is 3.86. The Balaban J connectivity index is 1.65. The number of benzene rings is 1. The summed E-state index contributed by atoms with van der Waals surface area (Å²) >= 11 is 0. The number of hydrogen-bond donors (Lipinski definition) is 0. The lowest BCUT2D eigenvalue weighted by Crippen LogP contribution is -2.13. The average molecular weight is 336 g/mol.